The third-order valence-corrected chi connectivity index (χ3v) is 5.92. The molecule has 190 valence electrons. The Hall–Kier alpha value is -3.76. The summed E-state index contributed by atoms with van der Waals surface area (Å²) in [5.74, 6) is -1.01. The Kier molecular flexibility index (Phi) is 9.37. The number of Topliss-reactive ketones (excluding diaryl/α,β-unsaturated/α-hetero) is 1. The number of hydrogen-bond acceptors (Lipinski definition) is 5. The number of nitrogens with zero attached hydrogens (tertiary/aromatic N) is 1. The molecular weight excluding hydrogens is 606 g/mol. The van der Waals surface area contributed by atoms with Crippen LogP contribution in [0.25, 0.3) is 12.2 Å². The van der Waals surface area contributed by atoms with Crippen molar-refractivity contribution >= 4 is 79.1 Å². The van der Waals surface area contributed by atoms with Gasteiger partial charge in [-0.2, -0.15) is 0 Å². The van der Waals surface area contributed by atoms with Gasteiger partial charge in [0.05, 0.1) is 29.2 Å². The maximum Gasteiger partial charge on any atom is 0.410 e. The second-order valence-corrected chi connectivity index (χ2v) is 9.88. The first-order chi connectivity index (χ1) is 17.6. The maximum atomic E-state index is 13.4. The summed E-state index contributed by atoms with van der Waals surface area (Å²) in [4.78, 5) is 51.0. The van der Waals surface area contributed by atoms with Crippen molar-refractivity contribution in [3.8, 4) is 0 Å². The SMILES string of the molecule is C=C(Br)C(=O)Nc1cccc(/C=C2\CN(C(=O)OC)C/C(=C\c3cccc(NC(=O)C(=C)Br)c3)C2=O)c1. The van der Waals surface area contributed by atoms with Crippen molar-refractivity contribution in [2.24, 2.45) is 0 Å². The number of halogens is 2. The van der Waals surface area contributed by atoms with Crippen LogP contribution in [-0.2, 0) is 19.1 Å². The van der Waals surface area contributed by atoms with Crippen LogP contribution in [0.15, 0.2) is 81.8 Å². The van der Waals surface area contributed by atoms with Crippen LogP contribution in [0.4, 0.5) is 16.2 Å². The molecule has 3 amide bonds. The van der Waals surface area contributed by atoms with E-state index in [0.29, 0.717) is 33.6 Å². The van der Waals surface area contributed by atoms with Gasteiger partial charge in [-0.05, 0) is 79.4 Å². The van der Waals surface area contributed by atoms with Crippen molar-refractivity contribution in [3.05, 3.63) is 92.9 Å². The van der Waals surface area contributed by atoms with Gasteiger partial charge in [-0.3, -0.25) is 19.3 Å². The van der Waals surface area contributed by atoms with E-state index in [1.165, 1.54) is 12.0 Å². The molecule has 2 aromatic carbocycles. The van der Waals surface area contributed by atoms with E-state index in [2.05, 4.69) is 55.7 Å². The van der Waals surface area contributed by atoms with Crippen molar-refractivity contribution in [1.82, 2.24) is 4.90 Å². The highest BCUT2D eigenvalue weighted by Crippen LogP contribution is 2.25. The van der Waals surface area contributed by atoms with Crippen LogP contribution in [0.2, 0.25) is 0 Å². The molecule has 0 aromatic heterocycles. The Balaban J connectivity index is 1.95. The number of piperidine rings is 1. The number of methoxy groups -OCH3 is 1. The lowest BCUT2D eigenvalue weighted by Crippen LogP contribution is -2.41. The van der Waals surface area contributed by atoms with Crippen LogP contribution in [0.3, 0.4) is 0 Å². The molecule has 0 unspecified atom stereocenters. The van der Waals surface area contributed by atoms with Crippen molar-refractivity contribution in [3.63, 3.8) is 0 Å². The highest BCUT2D eigenvalue weighted by Gasteiger charge is 2.29. The van der Waals surface area contributed by atoms with Crippen molar-refractivity contribution in [1.29, 1.82) is 0 Å². The maximum absolute atomic E-state index is 13.4. The number of carbonyl (C=O) groups is 4. The van der Waals surface area contributed by atoms with Gasteiger partial charge in [-0.25, -0.2) is 4.79 Å². The average Bonchev–Trinajstić information content (AvgIpc) is 2.86. The van der Waals surface area contributed by atoms with Crippen LogP contribution in [0.1, 0.15) is 11.1 Å². The second-order valence-electron chi connectivity index (χ2n) is 7.96. The van der Waals surface area contributed by atoms with Crippen LogP contribution in [-0.4, -0.2) is 48.8 Å². The predicted octanol–water partition coefficient (Wildman–Crippen LogP) is 5.50. The van der Waals surface area contributed by atoms with E-state index in [0.717, 1.165) is 0 Å². The number of carbonyl (C=O) groups excluding carboxylic acids is 4. The third-order valence-electron chi connectivity index (χ3n) is 5.20. The molecule has 10 heteroatoms. The molecule has 0 aliphatic carbocycles. The molecule has 0 radical (unpaired) electrons. The molecular formula is C27H23Br2N3O5. The lowest BCUT2D eigenvalue weighted by atomic mass is 9.94. The molecule has 0 bridgehead atoms. The molecule has 1 aliphatic heterocycles. The predicted molar refractivity (Wildman–Crippen MR) is 151 cm³/mol. The van der Waals surface area contributed by atoms with Crippen molar-refractivity contribution in [2.45, 2.75) is 0 Å². The minimum Gasteiger partial charge on any atom is -0.453 e. The minimum atomic E-state index is -0.571. The van der Waals surface area contributed by atoms with E-state index in [1.807, 2.05) is 0 Å². The summed E-state index contributed by atoms with van der Waals surface area (Å²) >= 11 is 6.08. The third kappa shape index (κ3) is 7.61. The minimum absolute atomic E-state index is 0.0566. The Morgan fingerprint density at radius 3 is 1.68 bits per heavy atom. The highest BCUT2D eigenvalue weighted by molar-refractivity contribution is 9.12. The molecule has 1 heterocycles. The zero-order chi connectivity index (χ0) is 27.1. The Bertz CT molecular complexity index is 1270. The van der Waals surface area contributed by atoms with Gasteiger partial charge in [0.1, 0.15) is 0 Å². The van der Waals surface area contributed by atoms with Crippen LogP contribution >= 0.6 is 31.9 Å². The smallest absolute Gasteiger partial charge is 0.410 e. The Morgan fingerprint density at radius 1 is 0.865 bits per heavy atom. The molecule has 1 aliphatic rings. The lowest BCUT2D eigenvalue weighted by molar-refractivity contribution is -0.113. The zero-order valence-corrected chi connectivity index (χ0v) is 23.0. The first-order valence-corrected chi connectivity index (χ1v) is 12.5. The number of benzene rings is 2. The number of ether oxygens (including phenoxy) is 1. The van der Waals surface area contributed by atoms with Gasteiger partial charge in [0.25, 0.3) is 11.8 Å². The van der Waals surface area contributed by atoms with Gasteiger partial charge in [0.2, 0.25) is 0 Å². The van der Waals surface area contributed by atoms with E-state index in [4.69, 9.17) is 4.74 Å². The molecule has 0 saturated carbocycles. The molecule has 0 spiro atoms. The summed E-state index contributed by atoms with van der Waals surface area (Å²) in [5.41, 5.74) is 3.11. The number of nitrogens with one attached hydrogen (secondary N) is 2. The standard InChI is InChI=1S/C27H23Br2N3O5/c1-16(28)25(34)30-22-8-4-6-18(12-22)10-20-14-32(27(36)37-3)15-21(24(20)33)11-19-7-5-9-23(13-19)31-26(35)17(2)29/h4-13H,1-2,14-15H2,3H3,(H,30,34)(H,31,35)/b20-10+,21-11+. The number of rotatable bonds is 6. The molecule has 2 aromatic rings. The molecule has 37 heavy (non-hydrogen) atoms. The largest absolute Gasteiger partial charge is 0.453 e. The average molecular weight is 629 g/mol. The molecule has 1 fully saturated rings. The van der Waals surface area contributed by atoms with Gasteiger partial charge in [-0.15, -0.1) is 0 Å². The van der Waals surface area contributed by atoms with Gasteiger partial charge in [-0.1, -0.05) is 37.4 Å². The fourth-order valence-corrected chi connectivity index (χ4v) is 3.71. The summed E-state index contributed by atoms with van der Waals surface area (Å²) in [5, 5.41) is 5.40. The Labute approximate surface area is 231 Å². The second kappa shape index (κ2) is 12.5. The van der Waals surface area contributed by atoms with E-state index in [1.54, 1.807) is 60.7 Å². The summed E-state index contributed by atoms with van der Waals surface area (Å²) in [6.07, 6.45) is 2.77. The first-order valence-electron chi connectivity index (χ1n) is 10.9. The molecule has 2 N–H and O–H groups in total. The number of likely N-dealkylation sites (tertiary alicyclic amines) is 1. The van der Waals surface area contributed by atoms with Crippen LogP contribution < -0.4 is 10.6 Å². The van der Waals surface area contributed by atoms with Gasteiger partial charge in [0, 0.05) is 22.5 Å². The molecule has 0 atom stereocenters. The summed E-state index contributed by atoms with van der Waals surface area (Å²) in [6, 6.07) is 13.9. The number of hydrogen-bond donors (Lipinski definition) is 2. The van der Waals surface area contributed by atoms with E-state index in [9.17, 15) is 19.2 Å². The van der Waals surface area contributed by atoms with Crippen molar-refractivity contribution < 1.29 is 23.9 Å². The van der Waals surface area contributed by atoms with Crippen LogP contribution in [0, 0.1) is 0 Å². The monoisotopic (exact) mass is 627 g/mol. The fraction of sp³-hybridized carbons (Fsp3) is 0.111. The first kappa shape index (κ1) is 27.8. The topological polar surface area (TPSA) is 105 Å². The van der Waals surface area contributed by atoms with E-state index < -0.39 is 6.09 Å². The lowest BCUT2D eigenvalue weighted by Gasteiger charge is -2.28. The fourth-order valence-electron chi connectivity index (χ4n) is 3.51. The van der Waals surface area contributed by atoms with Gasteiger partial charge >= 0.3 is 6.09 Å². The van der Waals surface area contributed by atoms with E-state index >= 15 is 0 Å². The summed E-state index contributed by atoms with van der Waals surface area (Å²) < 4.78 is 5.26. The molecule has 1 saturated heterocycles. The summed E-state index contributed by atoms with van der Waals surface area (Å²) in [7, 11) is 1.28. The van der Waals surface area contributed by atoms with Gasteiger partial charge in [0.15, 0.2) is 5.78 Å². The quantitative estimate of drug-likeness (QED) is 0.411. The van der Waals surface area contributed by atoms with Crippen molar-refractivity contribution in [2.75, 3.05) is 30.8 Å². The molecule has 8 nitrogen and oxygen atoms in total. The van der Waals surface area contributed by atoms with Crippen LogP contribution in [0.5, 0.6) is 0 Å². The van der Waals surface area contributed by atoms with E-state index in [-0.39, 0.29) is 39.7 Å². The zero-order valence-electron chi connectivity index (χ0n) is 19.8. The highest BCUT2D eigenvalue weighted by atomic mass is 79.9. The number of amides is 3. The van der Waals surface area contributed by atoms with Gasteiger partial charge < -0.3 is 15.4 Å². The molecule has 3 rings (SSSR count). The normalized spacial score (nSPS) is 15.3. The number of ketones is 1. The Morgan fingerprint density at radius 2 is 1.30 bits per heavy atom. The summed E-state index contributed by atoms with van der Waals surface area (Å²) in [6.45, 7) is 7.20. The number of anilines is 2.